The molecule has 2 fully saturated rings. The van der Waals surface area contributed by atoms with Crippen LogP contribution in [0.1, 0.15) is 23.2 Å². The van der Waals surface area contributed by atoms with Crippen molar-refractivity contribution in [2.75, 3.05) is 13.1 Å². The number of carbonyl (C=O) groups is 1. The van der Waals surface area contributed by atoms with Crippen molar-refractivity contribution in [3.63, 3.8) is 0 Å². The number of nitrogens with zero attached hydrogens (tertiary/aromatic N) is 1. The number of thioether (sulfide) groups is 1. The van der Waals surface area contributed by atoms with Crippen LogP contribution in [-0.2, 0) is 0 Å². The fraction of sp³-hybridized carbons (Fsp3) is 0.500. The topological polar surface area (TPSA) is 40.5 Å². The van der Waals surface area contributed by atoms with Gasteiger partial charge >= 0.3 is 0 Å². The number of alkyl halides is 2. The molecule has 1 aromatic carbocycles. The van der Waals surface area contributed by atoms with E-state index in [4.69, 9.17) is 0 Å². The van der Waals surface area contributed by atoms with E-state index in [2.05, 4.69) is 0 Å². The van der Waals surface area contributed by atoms with E-state index in [1.807, 2.05) is 0 Å². The molecule has 2 aliphatic rings. The van der Waals surface area contributed by atoms with Crippen LogP contribution in [0.25, 0.3) is 0 Å². The normalized spacial score (nSPS) is 20.9. The Morgan fingerprint density at radius 3 is 2.60 bits per heavy atom. The van der Waals surface area contributed by atoms with Gasteiger partial charge in [-0.3, -0.25) is 4.79 Å². The minimum atomic E-state index is -2.55. The van der Waals surface area contributed by atoms with E-state index in [0.717, 1.165) is 12.8 Å². The highest BCUT2D eigenvalue weighted by atomic mass is 32.2. The van der Waals surface area contributed by atoms with E-state index in [-0.39, 0.29) is 16.4 Å². The highest BCUT2D eigenvalue weighted by molar-refractivity contribution is 7.99. The maximum Gasteiger partial charge on any atom is 0.288 e. The molecule has 1 heterocycles. The molecule has 1 amide bonds. The molecule has 0 radical (unpaired) electrons. The number of halogens is 2. The molecule has 0 atom stereocenters. The molecule has 6 heteroatoms. The lowest BCUT2D eigenvalue weighted by atomic mass is 9.88. The summed E-state index contributed by atoms with van der Waals surface area (Å²) in [4.78, 5) is 14.1. The number of benzene rings is 1. The Balaban J connectivity index is 1.72. The first kappa shape index (κ1) is 13.8. The van der Waals surface area contributed by atoms with Crippen molar-refractivity contribution in [1.82, 2.24) is 4.90 Å². The number of hydrogen-bond donors (Lipinski definition) is 1. The van der Waals surface area contributed by atoms with Gasteiger partial charge in [-0.15, -0.1) is 0 Å². The summed E-state index contributed by atoms with van der Waals surface area (Å²) in [6.07, 6.45) is 2.02. The highest BCUT2D eigenvalue weighted by Crippen LogP contribution is 2.45. The molecule has 1 N–H and O–H groups in total. The maximum atomic E-state index is 12.5. The van der Waals surface area contributed by atoms with Crippen molar-refractivity contribution in [2.45, 2.75) is 29.1 Å². The lowest BCUT2D eigenvalue weighted by Crippen LogP contribution is -2.64. The van der Waals surface area contributed by atoms with Gasteiger partial charge in [-0.1, -0.05) is 23.9 Å². The molecule has 0 unspecified atom stereocenters. The molecule has 20 heavy (non-hydrogen) atoms. The Morgan fingerprint density at radius 2 is 2.00 bits per heavy atom. The van der Waals surface area contributed by atoms with Crippen molar-refractivity contribution in [2.24, 2.45) is 5.92 Å². The first-order valence-corrected chi connectivity index (χ1v) is 7.43. The quantitative estimate of drug-likeness (QED) is 0.869. The molecule has 1 saturated heterocycles. The molecule has 1 saturated carbocycles. The molecule has 1 aromatic rings. The van der Waals surface area contributed by atoms with Crippen molar-refractivity contribution in [1.29, 1.82) is 0 Å². The fourth-order valence-electron chi connectivity index (χ4n) is 2.65. The van der Waals surface area contributed by atoms with Gasteiger partial charge in [-0.2, -0.15) is 8.78 Å². The summed E-state index contributed by atoms with van der Waals surface area (Å²) in [6.45, 7) is 0.619. The van der Waals surface area contributed by atoms with E-state index >= 15 is 0 Å². The first-order valence-electron chi connectivity index (χ1n) is 6.55. The van der Waals surface area contributed by atoms with Crippen LogP contribution in [0.4, 0.5) is 8.78 Å². The van der Waals surface area contributed by atoms with Gasteiger partial charge in [0.05, 0.1) is 18.7 Å². The predicted octanol–water partition coefficient (Wildman–Crippen LogP) is 2.60. The zero-order valence-electron chi connectivity index (χ0n) is 10.8. The maximum absolute atomic E-state index is 12.5. The van der Waals surface area contributed by atoms with Gasteiger partial charge in [0.1, 0.15) is 5.60 Å². The Bertz CT molecular complexity index is 528. The average molecular weight is 299 g/mol. The molecule has 108 valence electrons. The third-order valence-corrected chi connectivity index (χ3v) is 4.68. The third-order valence-electron chi connectivity index (χ3n) is 3.89. The molecule has 1 aliphatic carbocycles. The molecule has 0 bridgehead atoms. The molecular formula is C14H15F2NO2S. The summed E-state index contributed by atoms with van der Waals surface area (Å²) in [5, 5.41) is 10.2. The van der Waals surface area contributed by atoms with Crippen LogP contribution in [-0.4, -0.2) is 40.4 Å². The van der Waals surface area contributed by atoms with Crippen molar-refractivity contribution < 1.29 is 18.7 Å². The molecule has 1 aliphatic heterocycles. The van der Waals surface area contributed by atoms with Crippen LogP contribution in [0.15, 0.2) is 29.2 Å². The third kappa shape index (κ3) is 2.54. The number of carbonyl (C=O) groups excluding carboxylic acids is 1. The number of β-amino-alcohol motifs (C(OH)–C–C–N with tert-alkyl or cyclic N) is 1. The molecule has 0 aromatic heterocycles. The van der Waals surface area contributed by atoms with E-state index in [1.165, 1.54) is 11.0 Å². The molecule has 0 spiro atoms. The van der Waals surface area contributed by atoms with Crippen LogP contribution < -0.4 is 0 Å². The zero-order chi connectivity index (χ0) is 14.3. The van der Waals surface area contributed by atoms with E-state index in [1.54, 1.807) is 18.2 Å². The fourth-order valence-corrected chi connectivity index (χ4v) is 3.28. The lowest BCUT2D eigenvalue weighted by molar-refractivity contribution is -0.0959. The molecular weight excluding hydrogens is 284 g/mol. The van der Waals surface area contributed by atoms with E-state index < -0.39 is 11.4 Å². The van der Waals surface area contributed by atoms with Crippen LogP contribution in [0.3, 0.4) is 0 Å². The van der Waals surface area contributed by atoms with Gasteiger partial charge in [-0.05, 0) is 30.9 Å². The lowest BCUT2D eigenvalue weighted by Gasteiger charge is -2.47. The standard InChI is InChI=1S/C14H15F2NO2S/c15-13(16)20-11-4-2-1-3-10(11)12(18)17-7-14(19,8-17)9-5-6-9/h1-4,9,13,19H,5-8H2. The summed E-state index contributed by atoms with van der Waals surface area (Å²) >= 11 is 0.381. The van der Waals surface area contributed by atoms with Crippen LogP contribution >= 0.6 is 11.8 Å². The van der Waals surface area contributed by atoms with Crippen LogP contribution in [0, 0.1) is 5.92 Å². The van der Waals surface area contributed by atoms with Crippen molar-refractivity contribution in [3.8, 4) is 0 Å². The van der Waals surface area contributed by atoms with E-state index in [9.17, 15) is 18.7 Å². The van der Waals surface area contributed by atoms with Gasteiger partial charge in [0, 0.05) is 4.90 Å². The second kappa shape index (κ2) is 5.00. The van der Waals surface area contributed by atoms with Crippen LogP contribution in [0.2, 0.25) is 0 Å². The number of hydrogen-bond acceptors (Lipinski definition) is 3. The Hall–Kier alpha value is -1.14. The SMILES string of the molecule is O=C(c1ccccc1SC(F)F)N1CC(O)(C2CC2)C1. The summed E-state index contributed by atoms with van der Waals surface area (Å²) in [7, 11) is 0. The summed E-state index contributed by atoms with van der Waals surface area (Å²) in [6, 6.07) is 6.38. The second-order valence-electron chi connectivity index (χ2n) is 5.41. The first-order chi connectivity index (χ1) is 9.49. The van der Waals surface area contributed by atoms with E-state index in [0.29, 0.717) is 30.8 Å². The Kier molecular flexibility index (Phi) is 3.46. The number of amides is 1. The smallest absolute Gasteiger partial charge is 0.288 e. The van der Waals surface area contributed by atoms with Gasteiger partial charge in [0.2, 0.25) is 0 Å². The number of likely N-dealkylation sites (tertiary alicyclic amines) is 1. The second-order valence-corrected chi connectivity index (χ2v) is 6.45. The van der Waals surface area contributed by atoms with Gasteiger partial charge in [0.15, 0.2) is 0 Å². The van der Waals surface area contributed by atoms with Gasteiger partial charge < -0.3 is 10.0 Å². The Labute approximate surface area is 120 Å². The van der Waals surface area contributed by atoms with Crippen LogP contribution in [0.5, 0.6) is 0 Å². The highest BCUT2D eigenvalue weighted by Gasteiger charge is 2.53. The van der Waals surface area contributed by atoms with Crippen molar-refractivity contribution >= 4 is 17.7 Å². The number of aliphatic hydroxyl groups is 1. The van der Waals surface area contributed by atoms with Gasteiger partial charge in [0.25, 0.3) is 11.7 Å². The number of rotatable bonds is 4. The largest absolute Gasteiger partial charge is 0.386 e. The average Bonchev–Trinajstić information content (AvgIpc) is 3.18. The van der Waals surface area contributed by atoms with Gasteiger partial charge in [-0.25, -0.2) is 0 Å². The molecule has 3 rings (SSSR count). The summed E-state index contributed by atoms with van der Waals surface area (Å²) < 4.78 is 25.0. The summed E-state index contributed by atoms with van der Waals surface area (Å²) in [5.74, 6) is -2.53. The molecule has 3 nitrogen and oxygen atoms in total. The zero-order valence-corrected chi connectivity index (χ0v) is 11.6. The van der Waals surface area contributed by atoms with Crippen molar-refractivity contribution in [3.05, 3.63) is 29.8 Å². The summed E-state index contributed by atoms with van der Waals surface area (Å²) in [5.41, 5.74) is -0.462. The minimum Gasteiger partial charge on any atom is -0.386 e. The monoisotopic (exact) mass is 299 g/mol. The predicted molar refractivity (Wildman–Crippen MR) is 71.9 cm³/mol. The minimum absolute atomic E-state index is 0.279. The Morgan fingerprint density at radius 1 is 1.35 bits per heavy atom.